The van der Waals surface area contributed by atoms with Gasteiger partial charge >= 0.3 is 6.03 Å². The molecule has 0 aliphatic carbocycles. The van der Waals surface area contributed by atoms with Crippen molar-refractivity contribution in [1.82, 2.24) is 5.32 Å². The first-order valence-electron chi connectivity index (χ1n) is 12.5. The number of ether oxygens (including phenoxy) is 2. The molecule has 0 spiro atoms. The van der Waals surface area contributed by atoms with Crippen molar-refractivity contribution < 1.29 is 23.9 Å². The topological polar surface area (TPSA) is 84.9 Å². The van der Waals surface area contributed by atoms with Crippen LogP contribution in [-0.4, -0.2) is 25.0 Å². The van der Waals surface area contributed by atoms with Crippen LogP contribution in [0.3, 0.4) is 0 Å². The zero-order chi connectivity index (χ0) is 28.1. The molecule has 0 saturated carbocycles. The third-order valence-electron chi connectivity index (χ3n) is 6.41. The summed E-state index contributed by atoms with van der Waals surface area (Å²) in [4.78, 5) is 39.6. The SMILES string of the molecule is COc1cc(/C=C2\C(=O)NC(=O)N(c3ccc(OCc4ccccc4)cc3)C2=O)ccc1Cc1ccccc1Cl. The molecule has 0 aromatic heterocycles. The van der Waals surface area contributed by atoms with E-state index in [1.54, 1.807) is 43.5 Å². The molecular formula is C32H25ClN2O5. The molecule has 40 heavy (non-hydrogen) atoms. The zero-order valence-electron chi connectivity index (χ0n) is 21.6. The summed E-state index contributed by atoms with van der Waals surface area (Å²) in [6.07, 6.45) is 1.99. The van der Waals surface area contributed by atoms with E-state index in [0.29, 0.717) is 40.8 Å². The number of halogens is 1. The van der Waals surface area contributed by atoms with Crippen LogP contribution in [0.1, 0.15) is 22.3 Å². The summed E-state index contributed by atoms with van der Waals surface area (Å²) in [6, 6.07) is 28.3. The number of carbonyl (C=O) groups excluding carboxylic acids is 3. The number of amides is 4. The molecule has 8 heteroatoms. The van der Waals surface area contributed by atoms with Gasteiger partial charge in [-0.15, -0.1) is 0 Å². The maximum atomic E-state index is 13.3. The van der Waals surface area contributed by atoms with E-state index >= 15 is 0 Å². The van der Waals surface area contributed by atoms with Gasteiger partial charge in [0.25, 0.3) is 11.8 Å². The Balaban J connectivity index is 1.35. The molecular weight excluding hydrogens is 528 g/mol. The minimum Gasteiger partial charge on any atom is -0.496 e. The van der Waals surface area contributed by atoms with Gasteiger partial charge < -0.3 is 9.47 Å². The largest absolute Gasteiger partial charge is 0.496 e. The molecule has 0 atom stereocenters. The van der Waals surface area contributed by atoms with Crippen LogP contribution in [0.2, 0.25) is 5.02 Å². The fraction of sp³-hybridized carbons (Fsp3) is 0.0938. The van der Waals surface area contributed by atoms with E-state index in [0.717, 1.165) is 21.6 Å². The van der Waals surface area contributed by atoms with Crippen molar-refractivity contribution in [3.8, 4) is 11.5 Å². The number of hydrogen-bond donors (Lipinski definition) is 1. The van der Waals surface area contributed by atoms with Crippen LogP contribution in [-0.2, 0) is 22.6 Å². The molecule has 7 nitrogen and oxygen atoms in total. The number of anilines is 1. The molecule has 5 rings (SSSR count). The van der Waals surface area contributed by atoms with Gasteiger partial charge in [-0.05, 0) is 64.7 Å². The van der Waals surface area contributed by atoms with E-state index in [-0.39, 0.29) is 5.57 Å². The van der Waals surface area contributed by atoms with Crippen LogP contribution in [0.15, 0.2) is 103 Å². The zero-order valence-corrected chi connectivity index (χ0v) is 22.4. The summed E-state index contributed by atoms with van der Waals surface area (Å²) in [6.45, 7) is 0.380. The summed E-state index contributed by atoms with van der Waals surface area (Å²) < 4.78 is 11.4. The smallest absolute Gasteiger partial charge is 0.335 e. The molecule has 200 valence electrons. The molecule has 4 aromatic carbocycles. The number of nitrogens with one attached hydrogen (secondary N) is 1. The Morgan fingerprint density at radius 3 is 2.30 bits per heavy atom. The van der Waals surface area contributed by atoms with Crippen LogP contribution < -0.4 is 19.7 Å². The standard InChI is InChI=1S/C32H25ClN2O5/c1-39-29-18-22(11-12-24(29)19-23-9-5-6-10-28(23)33)17-27-30(36)34-32(38)35(31(27)37)25-13-15-26(16-14-25)40-20-21-7-3-2-4-8-21/h2-18H,19-20H2,1H3,(H,34,36,38)/b27-17+. The van der Waals surface area contributed by atoms with Crippen LogP contribution in [0.5, 0.6) is 11.5 Å². The van der Waals surface area contributed by atoms with E-state index in [4.69, 9.17) is 21.1 Å². The average molecular weight is 553 g/mol. The van der Waals surface area contributed by atoms with Crippen LogP contribution in [0.4, 0.5) is 10.5 Å². The summed E-state index contributed by atoms with van der Waals surface area (Å²) >= 11 is 6.32. The Hall–Kier alpha value is -4.88. The lowest BCUT2D eigenvalue weighted by Crippen LogP contribution is -2.54. The van der Waals surface area contributed by atoms with Crippen molar-refractivity contribution in [3.05, 3.63) is 130 Å². The third-order valence-corrected chi connectivity index (χ3v) is 6.77. The maximum Gasteiger partial charge on any atom is 0.335 e. The molecule has 4 aromatic rings. The minimum absolute atomic E-state index is 0.176. The maximum absolute atomic E-state index is 13.3. The number of nitrogens with zero attached hydrogens (tertiary/aromatic N) is 1. The highest BCUT2D eigenvalue weighted by Gasteiger charge is 2.36. The van der Waals surface area contributed by atoms with E-state index in [1.165, 1.54) is 6.08 Å². The van der Waals surface area contributed by atoms with Crippen molar-refractivity contribution in [2.24, 2.45) is 0 Å². The number of rotatable bonds is 8. The fourth-order valence-electron chi connectivity index (χ4n) is 4.33. The second-order valence-corrected chi connectivity index (χ2v) is 9.47. The monoisotopic (exact) mass is 552 g/mol. The number of imide groups is 2. The van der Waals surface area contributed by atoms with Gasteiger partial charge in [-0.3, -0.25) is 14.9 Å². The summed E-state index contributed by atoms with van der Waals surface area (Å²) in [5.41, 5.74) is 3.55. The van der Waals surface area contributed by atoms with Gasteiger partial charge in [0, 0.05) is 11.4 Å². The predicted octanol–water partition coefficient (Wildman–Crippen LogP) is 6.18. The predicted molar refractivity (Wildman–Crippen MR) is 153 cm³/mol. The first-order valence-corrected chi connectivity index (χ1v) is 12.9. The van der Waals surface area contributed by atoms with E-state index in [1.807, 2.05) is 60.7 Å². The van der Waals surface area contributed by atoms with Crippen LogP contribution >= 0.6 is 11.6 Å². The molecule has 1 aliphatic rings. The molecule has 4 amide bonds. The van der Waals surface area contributed by atoms with Gasteiger partial charge in [0.2, 0.25) is 0 Å². The summed E-state index contributed by atoms with van der Waals surface area (Å²) in [5, 5.41) is 2.90. The highest BCUT2D eigenvalue weighted by atomic mass is 35.5. The lowest BCUT2D eigenvalue weighted by Gasteiger charge is -2.26. The first-order chi connectivity index (χ1) is 19.4. The minimum atomic E-state index is -0.822. The Kier molecular flexibility index (Phi) is 7.94. The molecule has 0 radical (unpaired) electrons. The van der Waals surface area contributed by atoms with Gasteiger partial charge in [-0.25, -0.2) is 9.69 Å². The van der Waals surface area contributed by atoms with Gasteiger partial charge in [-0.2, -0.15) is 0 Å². The summed E-state index contributed by atoms with van der Waals surface area (Å²) in [7, 11) is 1.55. The average Bonchev–Trinajstić information content (AvgIpc) is 2.97. The van der Waals surface area contributed by atoms with Crippen molar-refractivity contribution in [2.45, 2.75) is 13.0 Å². The number of methoxy groups -OCH3 is 1. The molecule has 1 fully saturated rings. The Labute approximate surface area is 236 Å². The van der Waals surface area contributed by atoms with Crippen LogP contribution in [0.25, 0.3) is 6.08 Å². The van der Waals surface area contributed by atoms with Crippen molar-refractivity contribution >= 4 is 41.2 Å². The molecule has 1 heterocycles. The number of carbonyl (C=O) groups is 3. The molecule has 1 saturated heterocycles. The van der Waals surface area contributed by atoms with Gasteiger partial charge in [0.1, 0.15) is 23.7 Å². The van der Waals surface area contributed by atoms with E-state index < -0.39 is 17.8 Å². The Morgan fingerprint density at radius 2 is 1.57 bits per heavy atom. The Morgan fingerprint density at radius 1 is 0.850 bits per heavy atom. The number of urea groups is 1. The number of benzene rings is 4. The van der Waals surface area contributed by atoms with Gasteiger partial charge in [-0.1, -0.05) is 72.3 Å². The molecule has 0 unspecified atom stereocenters. The third kappa shape index (κ3) is 5.90. The normalized spacial score (nSPS) is 14.3. The van der Waals surface area contributed by atoms with E-state index in [2.05, 4.69) is 5.32 Å². The lowest BCUT2D eigenvalue weighted by molar-refractivity contribution is -0.122. The van der Waals surface area contributed by atoms with Crippen LogP contribution in [0, 0.1) is 0 Å². The first kappa shape index (κ1) is 26.7. The fourth-order valence-corrected chi connectivity index (χ4v) is 4.54. The van der Waals surface area contributed by atoms with Crippen molar-refractivity contribution in [1.29, 1.82) is 0 Å². The molecule has 1 aliphatic heterocycles. The Bertz CT molecular complexity index is 1600. The second-order valence-electron chi connectivity index (χ2n) is 9.07. The lowest BCUT2D eigenvalue weighted by atomic mass is 10.0. The quantitative estimate of drug-likeness (QED) is 0.208. The number of hydrogen-bond acceptors (Lipinski definition) is 5. The highest BCUT2D eigenvalue weighted by Crippen LogP contribution is 2.29. The molecule has 0 bridgehead atoms. The van der Waals surface area contributed by atoms with Crippen molar-refractivity contribution in [3.63, 3.8) is 0 Å². The van der Waals surface area contributed by atoms with E-state index in [9.17, 15) is 14.4 Å². The van der Waals surface area contributed by atoms with Gasteiger partial charge in [0.15, 0.2) is 0 Å². The summed E-state index contributed by atoms with van der Waals surface area (Å²) in [5.74, 6) is -0.343. The highest BCUT2D eigenvalue weighted by molar-refractivity contribution is 6.39. The number of barbiturate groups is 1. The second kappa shape index (κ2) is 11.9. The van der Waals surface area contributed by atoms with Gasteiger partial charge in [0.05, 0.1) is 12.8 Å². The molecule has 1 N–H and O–H groups in total. The van der Waals surface area contributed by atoms with Crippen molar-refractivity contribution in [2.75, 3.05) is 12.0 Å².